The smallest absolute Gasteiger partial charge is 0.304 e. The fourth-order valence-corrected chi connectivity index (χ4v) is 10.5. The molecule has 8 rings (SSSR count). The van der Waals surface area contributed by atoms with E-state index in [0.29, 0.717) is 52.5 Å². The Labute approximate surface area is 376 Å². The minimum atomic E-state index is -3.90. The number of unbranched alkanes of at least 4 members (excludes halogenated alkanes) is 4. The molecule has 3 unspecified atom stereocenters. The molecule has 0 saturated carbocycles. The standard InChI is InChI=1S/C47H51N7O10S/c1-28-16-17-30(22-32(28)27-53-26-29(2)64-38-14-7-8-15-40(38)65(53,61)62)34(25-42(56)57)31-23-36-44(52(3)51-50-36)39(24-31)63-21-10-6-4-5-9-20-48-35-13-11-12-33-43(35)47(60)54(46(33)59)37-18-19-41(55)49-45(37)58/h7-8,11-17,22-24,29,34,37,48H,4-6,9-10,18-21,25-27H2,1-3H3,(H,56,57)(H,49,55,58). The molecule has 3 aliphatic heterocycles. The van der Waals surface area contributed by atoms with Gasteiger partial charge in [-0.1, -0.05) is 60.9 Å². The Bertz CT molecular complexity index is 2810. The largest absolute Gasteiger partial charge is 0.491 e. The van der Waals surface area contributed by atoms with Crippen LogP contribution in [0.5, 0.6) is 11.5 Å². The molecule has 4 heterocycles. The molecule has 0 bridgehead atoms. The molecule has 4 aromatic carbocycles. The van der Waals surface area contributed by atoms with Crippen LogP contribution in [0.1, 0.15) is 107 Å². The van der Waals surface area contributed by atoms with Gasteiger partial charge in [-0.3, -0.25) is 34.2 Å². The van der Waals surface area contributed by atoms with Crippen LogP contribution in [0, 0.1) is 6.92 Å². The maximum Gasteiger partial charge on any atom is 0.304 e. The van der Waals surface area contributed by atoms with Gasteiger partial charge in [-0.2, -0.15) is 4.31 Å². The highest BCUT2D eigenvalue weighted by Crippen LogP contribution is 2.38. The molecule has 0 radical (unpaired) electrons. The van der Waals surface area contributed by atoms with Crippen molar-refractivity contribution in [3.05, 3.63) is 106 Å². The molecule has 4 amide bonds. The lowest BCUT2D eigenvalue weighted by Crippen LogP contribution is -2.54. The minimum Gasteiger partial charge on any atom is -0.491 e. The number of imide groups is 2. The van der Waals surface area contributed by atoms with E-state index in [1.54, 1.807) is 54.2 Å². The number of carboxylic acid groups (broad SMARTS) is 1. The first-order valence-electron chi connectivity index (χ1n) is 21.8. The average molecular weight is 906 g/mol. The van der Waals surface area contributed by atoms with Crippen LogP contribution in [0.2, 0.25) is 0 Å². The van der Waals surface area contributed by atoms with Crippen LogP contribution in [-0.2, 0) is 38.0 Å². The Balaban J connectivity index is 0.888. The molecule has 18 heteroatoms. The summed E-state index contributed by atoms with van der Waals surface area (Å²) in [5, 5.41) is 24.2. The number of para-hydroxylation sites is 1. The lowest BCUT2D eigenvalue weighted by atomic mass is 9.86. The Kier molecular flexibility index (Phi) is 13.0. The van der Waals surface area contributed by atoms with Crippen LogP contribution in [0.3, 0.4) is 0 Å². The first kappa shape index (κ1) is 44.9. The summed E-state index contributed by atoms with van der Waals surface area (Å²) in [5.74, 6) is -2.94. The number of piperidine rings is 1. The topological polar surface area (TPSA) is 219 Å². The van der Waals surface area contributed by atoms with Gasteiger partial charge in [-0.15, -0.1) is 5.10 Å². The summed E-state index contributed by atoms with van der Waals surface area (Å²) in [6.07, 6.45) is 3.74. The summed E-state index contributed by atoms with van der Waals surface area (Å²) in [7, 11) is -2.13. The molecule has 1 saturated heterocycles. The van der Waals surface area contributed by atoms with Gasteiger partial charge in [0.15, 0.2) is 0 Å². The third kappa shape index (κ3) is 9.31. The summed E-state index contributed by atoms with van der Waals surface area (Å²) in [6, 6.07) is 19.9. The number of nitrogens with zero attached hydrogens (tertiary/aromatic N) is 5. The number of carboxylic acids is 1. The number of carbonyl (C=O) groups excluding carboxylic acids is 4. The van der Waals surface area contributed by atoms with Crippen molar-refractivity contribution >= 4 is 56.3 Å². The molecule has 5 aromatic rings. The van der Waals surface area contributed by atoms with Crippen molar-refractivity contribution in [1.29, 1.82) is 0 Å². The minimum absolute atomic E-state index is 0.0528. The van der Waals surface area contributed by atoms with E-state index in [1.165, 1.54) is 4.31 Å². The zero-order valence-electron chi connectivity index (χ0n) is 36.4. The number of hydrogen-bond donors (Lipinski definition) is 3. The molecule has 1 aromatic heterocycles. The summed E-state index contributed by atoms with van der Waals surface area (Å²) < 4.78 is 43.1. The highest BCUT2D eigenvalue weighted by atomic mass is 32.2. The van der Waals surface area contributed by atoms with Gasteiger partial charge in [0.25, 0.3) is 11.8 Å². The number of benzene rings is 4. The first-order chi connectivity index (χ1) is 31.2. The van der Waals surface area contributed by atoms with Crippen molar-refractivity contribution in [3.8, 4) is 11.5 Å². The van der Waals surface area contributed by atoms with Crippen LogP contribution in [-0.4, -0.2) is 99.2 Å². The van der Waals surface area contributed by atoms with Gasteiger partial charge < -0.3 is 19.9 Å². The van der Waals surface area contributed by atoms with E-state index in [2.05, 4.69) is 20.9 Å². The highest BCUT2D eigenvalue weighted by Gasteiger charge is 2.45. The fraction of sp³-hybridized carbons (Fsp3) is 0.383. The lowest BCUT2D eigenvalue weighted by Gasteiger charge is -2.27. The molecule has 0 aliphatic carbocycles. The van der Waals surface area contributed by atoms with E-state index < -0.39 is 57.7 Å². The second-order valence-electron chi connectivity index (χ2n) is 16.8. The summed E-state index contributed by atoms with van der Waals surface area (Å²) in [5.41, 5.74) is 5.21. The zero-order chi connectivity index (χ0) is 46.0. The molecule has 3 N–H and O–H groups in total. The van der Waals surface area contributed by atoms with Gasteiger partial charge in [0, 0.05) is 38.2 Å². The van der Waals surface area contributed by atoms with Crippen molar-refractivity contribution in [3.63, 3.8) is 0 Å². The number of anilines is 1. The number of fused-ring (bicyclic) bond motifs is 3. The Morgan fingerprint density at radius 1 is 0.969 bits per heavy atom. The predicted molar refractivity (Wildman–Crippen MR) is 238 cm³/mol. The molecule has 3 aliphatic rings. The maximum atomic E-state index is 13.9. The molecule has 340 valence electrons. The first-order valence-corrected chi connectivity index (χ1v) is 23.3. The van der Waals surface area contributed by atoms with E-state index >= 15 is 0 Å². The van der Waals surface area contributed by atoms with Crippen LogP contribution in [0.25, 0.3) is 11.0 Å². The zero-order valence-corrected chi connectivity index (χ0v) is 37.2. The highest BCUT2D eigenvalue weighted by molar-refractivity contribution is 7.89. The van der Waals surface area contributed by atoms with E-state index in [9.17, 15) is 37.5 Å². The van der Waals surface area contributed by atoms with Gasteiger partial charge in [-0.25, -0.2) is 13.1 Å². The number of aliphatic carboxylic acids is 1. The van der Waals surface area contributed by atoms with E-state index in [0.717, 1.165) is 48.1 Å². The van der Waals surface area contributed by atoms with Crippen molar-refractivity contribution < 1.29 is 47.0 Å². The Morgan fingerprint density at radius 3 is 2.55 bits per heavy atom. The molecule has 17 nitrogen and oxygen atoms in total. The fourth-order valence-electron chi connectivity index (χ4n) is 8.87. The SMILES string of the molecule is Cc1ccc(C(CC(=O)O)c2cc(OCCCCCCCNc3cccc4c3C(=O)N(C3CCC(=O)NC3=O)C4=O)c3c(c2)nnn3C)cc1CN1CC(C)Oc2ccccc2S1(=O)=O. The van der Waals surface area contributed by atoms with Crippen LogP contribution in [0.4, 0.5) is 5.69 Å². The molecule has 0 spiro atoms. The number of sulfonamides is 1. The van der Waals surface area contributed by atoms with E-state index in [4.69, 9.17) is 9.47 Å². The van der Waals surface area contributed by atoms with Gasteiger partial charge >= 0.3 is 5.97 Å². The molecular weight excluding hydrogens is 855 g/mol. The molecular formula is C47H51N7O10S. The Hall–Kier alpha value is -6.66. The number of rotatable bonds is 17. The lowest BCUT2D eigenvalue weighted by molar-refractivity contribution is -0.138. The molecule has 65 heavy (non-hydrogen) atoms. The van der Waals surface area contributed by atoms with Gasteiger partial charge in [0.1, 0.15) is 39.6 Å². The quantitative estimate of drug-likeness (QED) is 0.0755. The van der Waals surface area contributed by atoms with E-state index in [1.807, 2.05) is 44.2 Å². The van der Waals surface area contributed by atoms with Gasteiger partial charge in [0.2, 0.25) is 21.8 Å². The van der Waals surface area contributed by atoms with Crippen LogP contribution >= 0.6 is 0 Å². The third-order valence-electron chi connectivity index (χ3n) is 12.2. The van der Waals surface area contributed by atoms with Crippen molar-refractivity contribution in [1.82, 2.24) is 29.5 Å². The molecule has 3 atom stereocenters. The Morgan fingerprint density at radius 2 is 1.75 bits per heavy atom. The number of aromatic nitrogens is 3. The van der Waals surface area contributed by atoms with Gasteiger partial charge in [-0.05, 0) is 91.8 Å². The summed E-state index contributed by atoms with van der Waals surface area (Å²) in [6.45, 7) is 4.90. The van der Waals surface area contributed by atoms with Crippen molar-refractivity contribution in [2.75, 3.05) is 25.0 Å². The maximum absolute atomic E-state index is 13.9. The van der Waals surface area contributed by atoms with Crippen LogP contribution in [0.15, 0.2) is 77.7 Å². The predicted octanol–water partition coefficient (Wildman–Crippen LogP) is 5.70. The number of carbonyl (C=O) groups is 5. The second-order valence-corrected chi connectivity index (χ2v) is 18.7. The average Bonchev–Trinajstić information content (AvgIpc) is 3.74. The monoisotopic (exact) mass is 905 g/mol. The third-order valence-corrected chi connectivity index (χ3v) is 14.1. The van der Waals surface area contributed by atoms with Gasteiger partial charge in [0.05, 0.1) is 30.7 Å². The van der Waals surface area contributed by atoms with Crippen LogP contribution < -0.4 is 20.1 Å². The normalized spacial score (nSPS) is 18.7. The summed E-state index contributed by atoms with van der Waals surface area (Å²) >= 11 is 0. The number of amides is 4. The van der Waals surface area contributed by atoms with Crippen molar-refractivity contribution in [2.24, 2.45) is 7.05 Å². The number of nitrogens with one attached hydrogen (secondary N) is 2. The number of ether oxygens (including phenoxy) is 2. The second kappa shape index (κ2) is 18.8. The molecule has 1 fully saturated rings. The van der Waals surface area contributed by atoms with Crippen molar-refractivity contribution in [2.45, 2.75) is 94.7 Å². The summed E-state index contributed by atoms with van der Waals surface area (Å²) in [4.78, 5) is 64.2. The number of hydrogen-bond acceptors (Lipinski definition) is 12. The van der Waals surface area contributed by atoms with E-state index in [-0.39, 0.29) is 48.4 Å². The number of aryl methyl sites for hydroxylation is 2.